The molecule has 0 radical (unpaired) electrons. The maximum atomic E-state index is 13.5. The first-order chi connectivity index (χ1) is 12.1. The average molecular weight is 342 g/mol. The summed E-state index contributed by atoms with van der Waals surface area (Å²) in [6.07, 6.45) is 0.329. The number of aromatic amines is 1. The number of hydrogen-bond acceptors (Lipinski definition) is 3. The van der Waals surface area contributed by atoms with Crippen LogP contribution in [-0.2, 0) is 17.6 Å². The van der Waals surface area contributed by atoms with Crippen LogP contribution in [0.2, 0.25) is 0 Å². The van der Waals surface area contributed by atoms with E-state index in [1.807, 2.05) is 30.3 Å². The third-order valence-corrected chi connectivity index (χ3v) is 3.61. The summed E-state index contributed by atoms with van der Waals surface area (Å²) >= 11 is 0. The van der Waals surface area contributed by atoms with Crippen molar-refractivity contribution in [2.75, 3.05) is 6.54 Å². The van der Waals surface area contributed by atoms with Crippen molar-refractivity contribution >= 4 is 5.91 Å². The van der Waals surface area contributed by atoms with Crippen LogP contribution in [0.25, 0.3) is 11.4 Å². The van der Waals surface area contributed by atoms with Crippen molar-refractivity contribution < 1.29 is 13.6 Å². The number of benzene rings is 2. The van der Waals surface area contributed by atoms with E-state index in [2.05, 4.69) is 20.5 Å². The molecule has 128 valence electrons. The highest BCUT2D eigenvalue weighted by molar-refractivity contribution is 5.78. The zero-order valence-corrected chi connectivity index (χ0v) is 13.3. The number of rotatable bonds is 6. The van der Waals surface area contributed by atoms with Gasteiger partial charge in [0.15, 0.2) is 5.82 Å². The first-order valence-electron chi connectivity index (χ1n) is 7.79. The maximum Gasteiger partial charge on any atom is 0.224 e. The lowest BCUT2D eigenvalue weighted by Gasteiger charge is -2.05. The third-order valence-electron chi connectivity index (χ3n) is 3.61. The fraction of sp³-hybridized carbons (Fsp3) is 0.167. The topological polar surface area (TPSA) is 70.7 Å². The van der Waals surface area contributed by atoms with Gasteiger partial charge < -0.3 is 5.32 Å². The quantitative estimate of drug-likeness (QED) is 0.723. The molecule has 0 saturated carbocycles. The molecule has 1 amide bonds. The molecule has 0 aliphatic carbocycles. The van der Waals surface area contributed by atoms with Crippen LogP contribution in [0.1, 0.15) is 11.4 Å². The minimum absolute atomic E-state index is 0.141. The summed E-state index contributed by atoms with van der Waals surface area (Å²) in [5, 5.41) is 9.65. The SMILES string of the molecule is O=C(Cc1ccc(F)cc1F)NCCc1nc(-c2ccccc2)n[nH]1. The van der Waals surface area contributed by atoms with Crippen molar-refractivity contribution in [2.45, 2.75) is 12.8 Å². The molecule has 0 spiro atoms. The van der Waals surface area contributed by atoms with Crippen LogP contribution in [0.3, 0.4) is 0 Å². The Morgan fingerprint density at radius 2 is 1.92 bits per heavy atom. The number of nitrogens with zero attached hydrogens (tertiary/aromatic N) is 2. The Balaban J connectivity index is 1.49. The molecule has 25 heavy (non-hydrogen) atoms. The van der Waals surface area contributed by atoms with Crippen molar-refractivity contribution in [3.63, 3.8) is 0 Å². The van der Waals surface area contributed by atoms with E-state index in [1.165, 1.54) is 6.07 Å². The molecule has 0 aliphatic heterocycles. The Hall–Kier alpha value is -3.09. The molecule has 0 saturated heterocycles. The van der Waals surface area contributed by atoms with Crippen molar-refractivity contribution in [1.29, 1.82) is 0 Å². The van der Waals surface area contributed by atoms with E-state index < -0.39 is 11.6 Å². The van der Waals surface area contributed by atoms with E-state index in [0.717, 1.165) is 17.7 Å². The van der Waals surface area contributed by atoms with Crippen molar-refractivity contribution in [3.8, 4) is 11.4 Å². The van der Waals surface area contributed by atoms with E-state index >= 15 is 0 Å². The van der Waals surface area contributed by atoms with Gasteiger partial charge in [0.25, 0.3) is 0 Å². The molecule has 2 N–H and O–H groups in total. The largest absolute Gasteiger partial charge is 0.355 e. The Bertz CT molecular complexity index is 865. The van der Waals surface area contributed by atoms with Crippen LogP contribution in [-0.4, -0.2) is 27.6 Å². The summed E-state index contributed by atoms with van der Waals surface area (Å²) in [4.78, 5) is 16.2. The van der Waals surface area contributed by atoms with Gasteiger partial charge in [-0.15, -0.1) is 0 Å². The van der Waals surface area contributed by atoms with Crippen LogP contribution in [0.15, 0.2) is 48.5 Å². The fourth-order valence-corrected chi connectivity index (χ4v) is 2.34. The van der Waals surface area contributed by atoms with E-state index in [0.29, 0.717) is 24.6 Å². The standard InChI is InChI=1S/C18H16F2N4O/c19-14-7-6-13(15(20)11-14)10-17(25)21-9-8-16-22-18(24-23-16)12-4-2-1-3-5-12/h1-7,11H,8-10H2,(H,21,25)(H,22,23,24). The molecule has 0 atom stereocenters. The summed E-state index contributed by atoms with van der Waals surface area (Å²) in [5.41, 5.74) is 1.06. The lowest BCUT2D eigenvalue weighted by Crippen LogP contribution is -2.27. The van der Waals surface area contributed by atoms with E-state index in [9.17, 15) is 13.6 Å². The molecular formula is C18H16F2N4O. The van der Waals surface area contributed by atoms with Crippen LogP contribution in [0.4, 0.5) is 8.78 Å². The van der Waals surface area contributed by atoms with Crippen molar-refractivity contribution in [1.82, 2.24) is 20.5 Å². The molecule has 5 nitrogen and oxygen atoms in total. The second-order valence-electron chi connectivity index (χ2n) is 5.48. The third kappa shape index (κ3) is 4.47. The van der Waals surface area contributed by atoms with Gasteiger partial charge in [-0.1, -0.05) is 36.4 Å². The number of nitrogens with one attached hydrogen (secondary N) is 2. The molecule has 3 aromatic rings. The van der Waals surface area contributed by atoms with Gasteiger partial charge in [0, 0.05) is 24.6 Å². The van der Waals surface area contributed by atoms with Crippen LogP contribution in [0.5, 0.6) is 0 Å². The fourth-order valence-electron chi connectivity index (χ4n) is 2.34. The number of halogens is 2. The molecule has 1 aromatic heterocycles. The summed E-state index contributed by atoms with van der Waals surface area (Å²) in [6, 6.07) is 12.7. The Labute approximate surface area is 143 Å². The predicted octanol–water partition coefficient (Wildman–Crippen LogP) is 2.65. The lowest BCUT2D eigenvalue weighted by atomic mass is 10.1. The van der Waals surface area contributed by atoms with Crippen LogP contribution in [0, 0.1) is 11.6 Å². The Morgan fingerprint density at radius 3 is 2.68 bits per heavy atom. The molecule has 1 heterocycles. The van der Waals surface area contributed by atoms with Gasteiger partial charge in [-0.2, -0.15) is 5.10 Å². The number of hydrogen-bond donors (Lipinski definition) is 2. The zero-order valence-electron chi connectivity index (χ0n) is 13.3. The number of carbonyl (C=O) groups excluding carboxylic acids is 1. The molecule has 0 fully saturated rings. The van der Waals surface area contributed by atoms with Gasteiger partial charge >= 0.3 is 0 Å². The second kappa shape index (κ2) is 7.65. The van der Waals surface area contributed by atoms with E-state index in [1.54, 1.807) is 0 Å². The normalized spacial score (nSPS) is 10.6. The van der Waals surface area contributed by atoms with Gasteiger partial charge in [0.05, 0.1) is 6.42 Å². The highest BCUT2D eigenvalue weighted by Gasteiger charge is 2.10. The van der Waals surface area contributed by atoms with Gasteiger partial charge in [-0.25, -0.2) is 13.8 Å². The highest BCUT2D eigenvalue weighted by Crippen LogP contribution is 2.13. The molecule has 2 aromatic carbocycles. The second-order valence-corrected chi connectivity index (χ2v) is 5.48. The Morgan fingerprint density at radius 1 is 1.12 bits per heavy atom. The number of carbonyl (C=O) groups is 1. The minimum atomic E-state index is -0.724. The number of H-pyrrole nitrogens is 1. The van der Waals surface area contributed by atoms with Crippen molar-refractivity contribution in [2.24, 2.45) is 0 Å². The number of aromatic nitrogens is 3. The first kappa shape index (κ1) is 16.8. The van der Waals surface area contributed by atoms with E-state index in [-0.39, 0.29) is 17.9 Å². The summed E-state index contributed by atoms with van der Waals surface area (Å²) in [6.45, 7) is 0.338. The smallest absolute Gasteiger partial charge is 0.224 e. The van der Waals surface area contributed by atoms with Crippen LogP contribution < -0.4 is 5.32 Å². The summed E-state index contributed by atoms with van der Waals surface area (Å²) < 4.78 is 26.4. The van der Waals surface area contributed by atoms with Crippen LogP contribution >= 0.6 is 0 Å². The minimum Gasteiger partial charge on any atom is -0.355 e. The van der Waals surface area contributed by atoms with Gasteiger partial charge in [0.1, 0.15) is 17.5 Å². The van der Waals surface area contributed by atoms with Gasteiger partial charge in [-0.3, -0.25) is 9.89 Å². The van der Waals surface area contributed by atoms with Gasteiger partial charge in [-0.05, 0) is 11.6 Å². The number of amides is 1. The van der Waals surface area contributed by atoms with E-state index in [4.69, 9.17) is 0 Å². The van der Waals surface area contributed by atoms with Crippen molar-refractivity contribution in [3.05, 3.63) is 71.6 Å². The zero-order chi connectivity index (χ0) is 17.6. The molecule has 0 bridgehead atoms. The summed E-state index contributed by atoms with van der Waals surface area (Å²) in [7, 11) is 0. The first-order valence-corrected chi connectivity index (χ1v) is 7.79. The predicted molar refractivity (Wildman–Crippen MR) is 88.6 cm³/mol. The lowest BCUT2D eigenvalue weighted by molar-refractivity contribution is -0.120. The molecular weight excluding hydrogens is 326 g/mol. The Kier molecular flexibility index (Phi) is 5.13. The maximum absolute atomic E-state index is 13.5. The molecule has 0 unspecified atom stereocenters. The summed E-state index contributed by atoms with van der Waals surface area (Å²) in [5.74, 6) is -0.491. The monoisotopic (exact) mass is 342 g/mol. The molecule has 3 rings (SSSR count). The van der Waals surface area contributed by atoms with Gasteiger partial charge in [0.2, 0.25) is 5.91 Å². The molecule has 7 heteroatoms. The highest BCUT2D eigenvalue weighted by atomic mass is 19.1. The average Bonchev–Trinajstić information content (AvgIpc) is 3.07. The molecule has 0 aliphatic rings.